The number of carbonyl (C=O) groups excluding carboxylic acids is 2. The smallest absolute Gasteiger partial charge is 0.256 e. The van der Waals surface area contributed by atoms with E-state index in [0.29, 0.717) is 32.0 Å². The van der Waals surface area contributed by atoms with E-state index in [2.05, 4.69) is 0 Å². The third-order valence-electron chi connectivity index (χ3n) is 3.47. The number of ketones is 1. The number of piperidine rings is 1. The standard InChI is InChI=1S/C14H15F2NO2/c1-2-9-8-17(6-5-13(9)18)14(19)11-4-3-10(15)7-12(11)16/h3-4,7,9H,2,5-6,8H2,1H3. The average Bonchev–Trinajstić information content (AvgIpc) is 2.38. The molecule has 1 atom stereocenters. The number of rotatable bonds is 2. The summed E-state index contributed by atoms with van der Waals surface area (Å²) in [7, 11) is 0. The zero-order valence-electron chi connectivity index (χ0n) is 10.7. The van der Waals surface area contributed by atoms with Crippen LogP contribution in [0.2, 0.25) is 0 Å². The fourth-order valence-electron chi connectivity index (χ4n) is 2.28. The van der Waals surface area contributed by atoms with Crippen molar-refractivity contribution in [2.75, 3.05) is 13.1 Å². The first-order valence-electron chi connectivity index (χ1n) is 6.30. The first-order chi connectivity index (χ1) is 9.02. The summed E-state index contributed by atoms with van der Waals surface area (Å²) < 4.78 is 26.4. The topological polar surface area (TPSA) is 37.4 Å². The van der Waals surface area contributed by atoms with Crippen molar-refractivity contribution in [1.82, 2.24) is 4.90 Å². The molecule has 2 rings (SSSR count). The molecule has 0 radical (unpaired) electrons. The van der Waals surface area contributed by atoms with Crippen LogP contribution in [0.4, 0.5) is 8.78 Å². The van der Waals surface area contributed by atoms with Crippen LogP contribution in [0, 0.1) is 17.6 Å². The van der Waals surface area contributed by atoms with Crippen molar-refractivity contribution in [3.05, 3.63) is 35.4 Å². The zero-order chi connectivity index (χ0) is 14.0. The molecule has 0 saturated carbocycles. The van der Waals surface area contributed by atoms with E-state index in [1.54, 1.807) is 0 Å². The third kappa shape index (κ3) is 2.80. The summed E-state index contributed by atoms with van der Waals surface area (Å²) in [6, 6.07) is 2.90. The van der Waals surface area contributed by atoms with E-state index in [9.17, 15) is 18.4 Å². The van der Waals surface area contributed by atoms with Gasteiger partial charge in [0.2, 0.25) is 0 Å². The first kappa shape index (κ1) is 13.6. The molecule has 1 saturated heterocycles. The van der Waals surface area contributed by atoms with E-state index in [1.807, 2.05) is 6.92 Å². The summed E-state index contributed by atoms with van der Waals surface area (Å²) in [6.07, 6.45) is 0.960. The molecule has 1 fully saturated rings. The van der Waals surface area contributed by atoms with Gasteiger partial charge in [0.1, 0.15) is 17.4 Å². The van der Waals surface area contributed by atoms with Crippen molar-refractivity contribution in [1.29, 1.82) is 0 Å². The van der Waals surface area contributed by atoms with Gasteiger partial charge < -0.3 is 4.90 Å². The minimum Gasteiger partial charge on any atom is -0.337 e. The Morgan fingerprint density at radius 3 is 2.79 bits per heavy atom. The Morgan fingerprint density at radius 2 is 2.16 bits per heavy atom. The molecule has 3 nitrogen and oxygen atoms in total. The van der Waals surface area contributed by atoms with Crippen LogP contribution >= 0.6 is 0 Å². The molecule has 0 aliphatic carbocycles. The second kappa shape index (κ2) is 5.47. The lowest BCUT2D eigenvalue weighted by atomic mass is 9.93. The number of likely N-dealkylation sites (tertiary alicyclic amines) is 1. The van der Waals surface area contributed by atoms with Crippen molar-refractivity contribution in [2.45, 2.75) is 19.8 Å². The van der Waals surface area contributed by atoms with Crippen molar-refractivity contribution < 1.29 is 18.4 Å². The molecule has 0 spiro atoms. The molecule has 0 bridgehead atoms. The second-order valence-corrected chi connectivity index (χ2v) is 4.70. The molecule has 0 N–H and O–H groups in total. The van der Waals surface area contributed by atoms with E-state index in [-0.39, 0.29) is 17.3 Å². The van der Waals surface area contributed by atoms with Gasteiger partial charge in [-0.05, 0) is 18.6 Å². The van der Waals surface area contributed by atoms with Gasteiger partial charge in [-0.15, -0.1) is 0 Å². The maximum Gasteiger partial charge on any atom is 0.256 e. The SMILES string of the molecule is CCC1CN(C(=O)c2ccc(F)cc2F)CCC1=O. The van der Waals surface area contributed by atoms with Crippen molar-refractivity contribution >= 4 is 11.7 Å². The molecule has 1 aliphatic heterocycles. The van der Waals surface area contributed by atoms with Crippen molar-refractivity contribution in [2.24, 2.45) is 5.92 Å². The fourth-order valence-corrected chi connectivity index (χ4v) is 2.28. The molecule has 102 valence electrons. The highest BCUT2D eigenvalue weighted by Gasteiger charge is 2.30. The first-order valence-corrected chi connectivity index (χ1v) is 6.30. The molecule has 1 aliphatic rings. The Bertz CT molecular complexity index is 516. The lowest BCUT2D eigenvalue weighted by molar-refractivity contribution is -0.125. The third-order valence-corrected chi connectivity index (χ3v) is 3.47. The Balaban J connectivity index is 2.18. The van der Waals surface area contributed by atoms with E-state index >= 15 is 0 Å². The lowest BCUT2D eigenvalue weighted by Gasteiger charge is -2.31. The van der Waals surface area contributed by atoms with Gasteiger partial charge >= 0.3 is 0 Å². The van der Waals surface area contributed by atoms with Crippen LogP contribution in [0.3, 0.4) is 0 Å². The molecule has 1 aromatic rings. The number of nitrogens with zero attached hydrogens (tertiary/aromatic N) is 1. The Labute approximate surface area is 110 Å². The van der Waals surface area contributed by atoms with Gasteiger partial charge in [-0.3, -0.25) is 9.59 Å². The Kier molecular flexibility index (Phi) is 3.93. The minimum atomic E-state index is -0.866. The van der Waals surface area contributed by atoms with E-state index in [4.69, 9.17) is 0 Å². The van der Waals surface area contributed by atoms with Crippen LogP contribution in [-0.2, 0) is 4.79 Å². The molecule has 0 aromatic heterocycles. The molecule has 1 unspecified atom stereocenters. The van der Waals surface area contributed by atoms with Crippen LogP contribution in [-0.4, -0.2) is 29.7 Å². The van der Waals surface area contributed by atoms with Crippen molar-refractivity contribution in [3.63, 3.8) is 0 Å². The maximum atomic E-state index is 13.6. The molecule has 19 heavy (non-hydrogen) atoms. The van der Waals surface area contributed by atoms with Gasteiger partial charge in [-0.2, -0.15) is 0 Å². The predicted molar refractivity (Wildman–Crippen MR) is 65.7 cm³/mol. The largest absolute Gasteiger partial charge is 0.337 e. The van der Waals surface area contributed by atoms with Crippen molar-refractivity contribution in [3.8, 4) is 0 Å². The monoisotopic (exact) mass is 267 g/mol. The number of carbonyl (C=O) groups is 2. The van der Waals surface area contributed by atoms with Crippen LogP contribution < -0.4 is 0 Å². The van der Waals surface area contributed by atoms with E-state index in [0.717, 1.165) is 12.1 Å². The Morgan fingerprint density at radius 1 is 1.42 bits per heavy atom. The van der Waals surface area contributed by atoms with E-state index in [1.165, 1.54) is 4.90 Å². The molecule has 1 aromatic carbocycles. The highest BCUT2D eigenvalue weighted by molar-refractivity contribution is 5.96. The summed E-state index contributed by atoms with van der Waals surface area (Å²) in [5, 5.41) is 0. The lowest BCUT2D eigenvalue weighted by Crippen LogP contribution is -2.44. The second-order valence-electron chi connectivity index (χ2n) is 4.70. The molecular weight excluding hydrogens is 252 g/mol. The average molecular weight is 267 g/mol. The summed E-state index contributed by atoms with van der Waals surface area (Å²) in [4.78, 5) is 25.2. The van der Waals surface area contributed by atoms with Gasteiger partial charge in [-0.1, -0.05) is 6.92 Å². The normalized spacial score (nSPS) is 19.6. The summed E-state index contributed by atoms with van der Waals surface area (Å²) in [5.41, 5.74) is -0.148. The molecule has 5 heteroatoms. The van der Waals surface area contributed by atoms with Gasteiger partial charge in [0.25, 0.3) is 5.91 Å². The van der Waals surface area contributed by atoms with Crippen LogP contribution in [0.1, 0.15) is 30.1 Å². The number of halogens is 2. The number of Topliss-reactive ketones (excluding diaryl/α,β-unsaturated/α-hetero) is 1. The van der Waals surface area contributed by atoms with Crippen LogP contribution in [0.25, 0.3) is 0 Å². The summed E-state index contributed by atoms with van der Waals surface area (Å²) in [6.45, 7) is 2.49. The van der Waals surface area contributed by atoms with Crippen LogP contribution in [0.5, 0.6) is 0 Å². The number of hydrogen-bond acceptors (Lipinski definition) is 2. The molecule has 1 heterocycles. The highest BCUT2D eigenvalue weighted by atomic mass is 19.1. The van der Waals surface area contributed by atoms with Crippen LogP contribution in [0.15, 0.2) is 18.2 Å². The predicted octanol–water partition coefficient (Wildman–Crippen LogP) is 2.41. The van der Waals surface area contributed by atoms with Gasteiger partial charge in [0.05, 0.1) is 5.56 Å². The number of amides is 1. The quantitative estimate of drug-likeness (QED) is 0.825. The summed E-state index contributed by atoms with van der Waals surface area (Å²) in [5.74, 6) is -2.10. The maximum absolute atomic E-state index is 13.6. The fraction of sp³-hybridized carbons (Fsp3) is 0.429. The zero-order valence-corrected chi connectivity index (χ0v) is 10.7. The molecular formula is C14H15F2NO2. The van der Waals surface area contributed by atoms with Gasteiger partial charge in [0.15, 0.2) is 0 Å². The molecule has 1 amide bonds. The minimum absolute atomic E-state index is 0.145. The van der Waals surface area contributed by atoms with E-state index < -0.39 is 17.5 Å². The highest BCUT2D eigenvalue weighted by Crippen LogP contribution is 2.19. The summed E-state index contributed by atoms with van der Waals surface area (Å²) >= 11 is 0. The Hall–Kier alpha value is -1.78. The number of hydrogen-bond donors (Lipinski definition) is 0. The number of benzene rings is 1. The van der Waals surface area contributed by atoms with Gasteiger partial charge in [-0.25, -0.2) is 8.78 Å². The van der Waals surface area contributed by atoms with Gasteiger partial charge in [0, 0.05) is 31.5 Å².